The molecule has 106 valence electrons. The second-order valence-electron chi connectivity index (χ2n) is 4.53. The highest BCUT2D eigenvalue weighted by Crippen LogP contribution is 2.16. The second-order valence-corrected chi connectivity index (χ2v) is 4.53. The van der Waals surface area contributed by atoms with Gasteiger partial charge in [-0.3, -0.25) is 0 Å². The highest BCUT2D eigenvalue weighted by molar-refractivity contribution is 5.47. The summed E-state index contributed by atoms with van der Waals surface area (Å²) in [6, 6.07) is 17.9. The van der Waals surface area contributed by atoms with E-state index in [1.807, 2.05) is 54.6 Å². The molecule has 0 aliphatic carbocycles. The van der Waals surface area contributed by atoms with Crippen molar-refractivity contribution in [3.63, 3.8) is 0 Å². The van der Waals surface area contributed by atoms with Crippen LogP contribution in [0.3, 0.4) is 0 Å². The van der Waals surface area contributed by atoms with Gasteiger partial charge in [-0.25, -0.2) is 0 Å². The van der Waals surface area contributed by atoms with E-state index < -0.39 is 0 Å². The summed E-state index contributed by atoms with van der Waals surface area (Å²) >= 11 is 0. The third kappa shape index (κ3) is 4.84. The Bertz CT molecular complexity index is 499. The van der Waals surface area contributed by atoms with Gasteiger partial charge in [0.2, 0.25) is 0 Å². The molecule has 0 atom stereocenters. The summed E-state index contributed by atoms with van der Waals surface area (Å²) < 4.78 is 10.8. The van der Waals surface area contributed by atoms with Crippen LogP contribution in [0.15, 0.2) is 54.6 Å². The van der Waals surface area contributed by atoms with Gasteiger partial charge in [0.05, 0.1) is 13.7 Å². The van der Waals surface area contributed by atoms with E-state index in [-0.39, 0.29) is 0 Å². The third-order valence-electron chi connectivity index (χ3n) is 2.98. The first kappa shape index (κ1) is 14.3. The van der Waals surface area contributed by atoms with Crippen LogP contribution in [0.2, 0.25) is 0 Å². The van der Waals surface area contributed by atoms with E-state index in [2.05, 4.69) is 5.32 Å². The standard InChI is InChI=1S/C17H21NO2/c1-19-17-11-7-8-15(14-17)18-12-5-6-13-20-16-9-3-2-4-10-16/h2-4,7-11,14,18H,5-6,12-13H2,1H3. The van der Waals surface area contributed by atoms with Gasteiger partial charge in [-0.1, -0.05) is 24.3 Å². The zero-order valence-corrected chi connectivity index (χ0v) is 11.8. The lowest BCUT2D eigenvalue weighted by molar-refractivity contribution is 0.308. The summed E-state index contributed by atoms with van der Waals surface area (Å²) in [7, 11) is 1.68. The molecule has 0 bridgehead atoms. The van der Waals surface area contributed by atoms with Gasteiger partial charge in [0.1, 0.15) is 11.5 Å². The molecule has 3 nitrogen and oxygen atoms in total. The van der Waals surface area contributed by atoms with Gasteiger partial charge in [0.25, 0.3) is 0 Å². The Kier molecular flexibility index (Phi) is 5.77. The van der Waals surface area contributed by atoms with Gasteiger partial charge in [-0.05, 0) is 37.1 Å². The number of methoxy groups -OCH3 is 1. The van der Waals surface area contributed by atoms with Crippen molar-refractivity contribution in [3.8, 4) is 11.5 Å². The van der Waals surface area contributed by atoms with Crippen LogP contribution in [0.5, 0.6) is 11.5 Å². The van der Waals surface area contributed by atoms with Gasteiger partial charge in [0, 0.05) is 18.3 Å². The topological polar surface area (TPSA) is 30.5 Å². The number of anilines is 1. The second kappa shape index (κ2) is 8.10. The van der Waals surface area contributed by atoms with Crippen LogP contribution in [0.1, 0.15) is 12.8 Å². The highest BCUT2D eigenvalue weighted by atomic mass is 16.5. The van der Waals surface area contributed by atoms with Crippen molar-refractivity contribution >= 4 is 5.69 Å². The fourth-order valence-corrected chi connectivity index (χ4v) is 1.90. The monoisotopic (exact) mass is 271 g/mol. The van der Waals surface area contributed by atoms with Gasteiger partial charge < -0.3 is 14.8 Å². The number of para-hydroxylation sites is 1. The van der Waals surface area contributed by atoms with Crippen LogP contribution in [0, 0.1) is 0 Å². The van der Waals surface area contributed by atoms with E-state index >= 15 is 0 Å². The predicted molar refractivity (Wildman–Crippen MR) is 82.7 cm³/mol. The minimum Gasteiger partial charge on any atom is -0.497 e. The fraction of sp³-hybridized carbons (Fsp3) is 0.294. The van der Waals surface area contributed by atoms with Crippen LogP contribution >= 0.6 is 0 Å². The summed E-state index contributed by atoms with van der Waals surface area (Å²) in [5, 5.41) is 3.38. The number of rotatable bonds is 8. The van der Waals surface area contributed by atoms with Gasteiger partial charge in [-0.15, -0.1) is 0 Å². The first-order valence-electron chi connectivity index (χ1n) is 6.94. The van der Waals surface area contributed by atoms with Gasteiger partial charge in [-0.2, -0.15) is 0 Å². The molecule has 3 heteroatoms. The molecule has 0 amide bonds. The van der Waals surface area contributed by atoms with Gasteiger partial charge >= 0.3 is 0 Å². The summed E-state index contributed by atoms with van der Waals surface area (Å²) in [5.74, 6) is 1.82. The van der Waals surface area contributed by atoms with E-state index in [1.54, 1.807) is 7.11 Å². The zero-order chi connectivity index (χ0) is 14.0. The molecule has 0 saturated heterocycles. The van der Waals surface area contributed by atoms with Crippen LogP contribution in [0.4, 0.5) is 5.69 Å². The van der Waals surface area contributed by atoms with Crippen LogP contribution in [-0.4, -0.2) is 20.3 Å². The average molecular weight is 271 g/mol. The van der Waals surface area contributed by atoms with Gasteiger partial charge in [0.15, 0.2) is 0 Å². The summed E-state index contributed by atoms with van der Waals surface area (Å²) in [6.45, 7) is 1.69. The Labute approximate surface area is 120 Å². The van der Waals surface area contributed by atoms with E-state index in [9.17, 15) is 0 Å². The summed E-state index contributed by atoms with van der Waals surface area (Å²) in [5.41, 5.74) is 1.09. The van der Waals surface area contributed by atoms with E-state index in [1.165, 1.54) is 0 Å². The number of unbranched alkanes of at least 4 members (excludes halogenated alkanes) is 1. The molecule has 0 radical (unpaired) electrons. The smallest absolute Gasteiger partial charge is 0.120 e. The van der Waals surface area contributed by atoms with Crippen molar-refractivity contribution in [1.29, 1.82) is 0 Å². The molecule has 0 aromatic heterocycles. The lowest BCUT2D eigenvalue weighted by Crippen LogP contribution is -2.04. The molecule has 20 heavy (non-hydrogen) atoms. The third-order valence-corrected chi connectivity index (χ3v) is 2.98. The fourth-order valence-electron chi connectivity index (χ4n) is 1.90. The van der Waals surface area contributed by atoms with Crippen molar-refractivity contribution in [2.75, 3.05) is 25.6 Å². The molecule has 0 unspecified atom stereocenters. The lowest BCUT2D eigenvalue weighted by Gasteiger charge is -2.08. The molecule has 0 saturated carbocycles. The molecule has 0 heterocycles. The molecule has 0 aliphatic heterocycles. The van der Waals surface area contributed by atoms with Crippen molar-refractivity contribution in [1.82, 2.24) is 0 Å². The van der Waals surface area contributed by atoms with Crippen LogP contribution in [-0.2, 0) is 0 Å². The SMILES string of the molecule is COc1cccc(NCCCCOc2ccccc2)c1. The zero-order valence-electron chi connectivity index (χ0n) is 11.8. The molecule has 0 aliphatic rings. The maximum Gasteiger partial charge on any atom is 0.120 e. The Hall–Kier alpha value is -2.16. The molecule has 2 aromatic rings. The first-order chi connectivity index (χ1) is 9.88. The van der Waals surface area contributed by atoms with E-state index in [0.717, 1.165) is 43.2 Å². The molecular weight excluding hydrogens is 250 g/mol. The molecule has 1 N–H and O–H groups in total. The first-order valence-corrected chi connectivity index (χ1v) is 6.94. The Balaban J connectivity index is 1.59. The average Bonchev–Trinajstić information content (AvgIpc) is 2.52. The largest absolute Gasteiger partial charge is 0.497 e. The quantitative estimate of drug-likeness (QED) is 0.737. The number of ether oxygens (including phenoxy) is 2. The Morgan fingerprint density at radius 1 is 0.900 bits per heavy atom. The van der Waals surface area contributed by atoms with Crippen molar-refractivity contribution in [3.05, 3.63) is 54.6 Å². The number of hydrogen-bond donors (Lipinski definition) is 1. The van der Waals surface area contributed by atoms with Crippen molar-refractivity contribution in [2.24, 2.45) is 0 Å². The van der Waals surface area contributed by atoms with E-state index in [4.69, 9.17) is 9.47 Å². The summed E-state index contributed by atoms with van der Waals surface area (Å²) in [4.78, 5) is 0. The number of hydrogen-bond acceptors (Lipinski definition) is 3. The maximum absolute atomic E-state index is 5.65. The van der Waals surface area contributed by atoms with E-state index in [0.29, 0.717) is 0 Å². The molecule has 2 rings (SSSR count). The minimum atomic E-state index is 0.754. The Morgan fingerprint density at radius 2 is 1.70 bits per heavy atom. The summed E-state index contributed by atoms with van der Waals surface area (Å²) in [6.07, 6.45) is 2.11. The highest BCUT2D eigenvalue weighted by Gasteiger charge is 1.96. The molecular formula is C17H21NO2. The van der Waals surface area contributed by atoms with Crippen LogP contribution in [0.25, 0.3) is 0 Å². The minimum absolute atomic E-state index is 0.754. The number of benzene rings is 2. The number of nitrogens with one attached hydrogen (secondary N) is 1. The van der Waals surface area contributed by atoms with Crippen molar-refractivity contribution in [2.45, 2.75) is 12.8 Å². The normalized spacial score (nSPS) is 10.1. The van der Waals surface area contributed by atoms with Crippen molar-refractivity contribution < 1.29 is 9.47 Å². The molecule has 2 aromatic carbocycles. The lowest BCUT2D eigenvalue weighted by atomic mass is 10.2. The molecule has 0 spiro atoms. The van der Waals surface area contributed by atoms with Crippen LogP contribution < -0.4 is 14.8 Å². The Morgan fingerprint density at radius 3 is 2.50 bits per heavy atom. The molecule has 0 fully saturated rings. The predicted octanol–water partition coefficient (Wildman–Crippen LogP) is 3.97. The maximum atomic E-state index is 5.65.